The average Bonchev–Trinajstić information content (AvgIpc) is 4.09. The number of carbonyl (C=O) groups excluding carboxylic acids is 4. The van der Waals surface area contributed by atoms with Crippen LogP contribution in [0, 0.1) is 28.6 Å². The number of ether oxygens (including phenoxy) is 7. The second kappa shape index (κ2) is 14.8. The number of hydrogen-bond acceptors (Lipinski definition) is 13. The predicted molar refractivity (Wildman–Crippen MR) is 205 cm³/mol. The molecule has 8 aliphatic rings. The van der Waals surface area contributed by atoms with E-state index in [0.29, 0.717) is 52.2 Å². The van der Waals surface area contributed by atoms with Crippen molar-refractivity contribution in [1.29, 1.82) is 0 Å². The van der Waals surface area contributed by atoms with E-state index < -0.39 is 59.4 Å². The average molecular weight is 817 g/mol. The molecule has 0 aromatic rings. The van der Waals surface area contributed by atoms with Crippen molar-refractivity contribution in [1.82, 2.24) is 9.80 Å². The van der Waals surface area contributed by atoms with Gasteiger partial charge in [0.15, 0.2) is 12.4 Å². The van der Waals surface area contributed by atoms with Gasteiger partial charge in [-0.05, 0) is 65.7 Å². The first-order valence-corrected chi connectivity index (χ1v) is 21.6. The lowest BCUT2D eigenvalue weighted by Gasteiger charge is -2.60. The summed E-state index contributed by atoms with van der Waals surface area (Å²) in [4.78, 5) is 56.4. The summed E-state index contributed by atoms with van der Waals surface area (Å²) in [6.07, 6.45) is -2.05. The first-order valence-electron chi connectivity index (χ1n) is 21.6. The summed E-state index contributed by atoms with van der Waals surface area (Å²) in [6.45, 7) is 17.8. The van der Waals surface area contributed by atoms with Gasteiger partial charge in [0.25, 0.3) is 0 Å². The van der Waals surface area contributed by atoms with Gasteiger partial charge in [-0.2, -0.15) is 0 Å². The van der Waals surface area contributed by atoms with Crippen LogP contribution in [0.4, 0.5) is 0 Å². The summed E-state index contributed by atoms with van der Waals surface area (Å²) < 4.78 is 44.0. The van der Waals surface area contributed by atoms with Crippen LogP contribution in [0.1, 0.15) is 93.9 Å². The lowest BCUT2D eigenvalue weighted by molar-refractivity contribution is -0.268. The fourth-order valence-corrected chi connectivity index (χ4v) is 12.2. The molecule has 15 nitrogen and oxygen atoms in total. The highest BCUT2D eigenvalue weighted by atomic mass is 16.7. The highest BCUT2D eigenvalue weighted by molar-refractivity contribution is 5.99. The Hall–Kier alpha value is -2.66. The summed E-state index contributed by atoms with van der Waals surface area (Å²) in [6, 6.07) is 0. The van der Waals surface area contributed by atoms with Crippen molar-refractivity contribution >= 4 is 23.6 Å². The topological polar surface area (TPSA) is 183 Å². The molecule has 0 radical (unpaired) electrons. The van der Waals surface area contributed by atoms with Gasteiger partial charge in [0.1, 0.15) is 48.0 Å². The second-order valence-corrected chi connectivity index (χ2v) is 19.5. The third kappa shape index (κ3) is 6.38. The minimum Gasteiger partial charge on any atom is -0.489 e. The molecule has 1 spiro atoms. The summed E-state index contributed by atoms with van der Waals surface area (Å²) in [7, 11) is 0. The van der Waals surface area contributed by atoms with Crippen LogP contribution in [-0.4, -0.2) is 156 Å². The molecule has 2 amide bonds. The van der Waals surface area contributed by atoms with Crippen molar-refractivity contribution in [2.45, 2.75) is 153 Å². The molecule has 2 saturated carbocycles. The van der Waals surface area contributed by atoms with Crippen LogP contribution in [0.25, 0.3) is 0 Å². The number of nitrogens with zero attached hydrogens (tertiary/aromatic N) is 2. The van der Waals surface area contributed by atoms with Crippen LogP contribution in [0.3, 0.4) is 0 Å². The van der Waals surface area contributed by atoms with E-state index in [1.54, 1.807) is 16.7 Å². The molecule has 2 N–H and O–H groups in total. The zero-order valence-electron chi connectivity index (χ0n) is 35.5. The number of aliphatic hydroxyl groups excluding tert-OH is 2. The molecule has 1 unspecified atom stereocenters. The van der Waals surface area contributed by atoms with Crippen molar-refractivity contribution in [2.75, 3.05) is 52.6 Å². The van der Waals surface area contributed by atoms with E-state index >= 15 is 0 Å². The molecule has 58 heavy (non-hydrogen) atoms. The lowest BCUT2D eigenvalue weighted by atomic mass is 9.49. The van der Waals surface area contributed by atoms with E-state index in [2.05, 4.69) is 20.8 Å². The highest BCUT2D eigenvalue weighted by Gasteiger charge is 2.93. The predicted octanol–water partition coefficient (Wildman–Crippen LogP) is 2.32. The Morgan fingerprint density at radius 3 is 2.38 bits per heavy atom. The molecule has 324 valence electrons. The largest absolute Gasteiger partial charge is 0.489 e. The van der Waals surface area contributed by atoms with E-state index in [9.17, 15) is 29.4 Å². The Kier molecular flexibility index (Phi) is 10.7. The highest BCUT2D eigenvalue weighted by Crippen LogP contribution is 2.82. The maximum atomic E-state index is 13.8. The maximum absolute atomic E-state index is 13.8. The van der Waals surface area contributed by atoms with Gasteiger partial charge in [0.05, 0.1) is 36.9 Å². The van der Waals surface area contributed by atoms with Gasteiger partial charge in [-0.3, -0.25) is 19.2 Å². The van der Waals surface area contributed by atoms with Crippen molar-refractivity contribution in [3.63, 3.8) is 0 Å². The Morgan fingerprint density at radius 1 is 1.02 bits per heavy atom. The van der Waals surface area contributed by atoms with Crippen LogP contribution in [0.2, 0.25) is 0 Å². The molecular weight excluding hydrogens is 752 g/mol. The number of piperazine rings is 1. The number of esters is 1. The first kappa shape index (κ1) is 42.0. The minimum atomic E-state index is -1.10. The Morgan fingerprint density at radius 2 is 1.71 bits per heavy atom. The zero-order valence-corrected chi connectivity index (χ0v) is 35.5. The summed E-state index contributed by atoms with van der Waals surface area (Å²) in [5.74, 6) is 0.340. The standard InChI is InChI=1S/C43H64N2O13/c1-9-52-36-29(56-24(4)33(50)34(36)51)19-39(5,6)54-22-31(48)45-16-14-44(15-17-45)30(47)10-11-32(49)57-38-41(8)43(37(58-43)26-18-42(26,38)23(2)3)40(7)13-12-25-28(46)21-53-35(25)27(40)20-55-41/h23-24,26-27,29,33-34,36-38,50-51H,9-22H2,1-8H3/t24-,26+,27?,29-,33+,34-,36-,37+,38+,40+,41-,42-,43-/m1/s1. The first-order chi connectivity index (χ1) is 27.3. The Balaban J connectivity index is 0.837. The van der Waals surface area contributed by atoms with E-state index in [0.717, 1.165) is 24.2 Å². The van der Waals surface area contributed by atoms with Crippen LogP contribution >= 0.6 is 0 Å². The number of rotatable bonds is 12. The number of carbonyl (C=O) groups is 4. The van der Waals surface area contributed by atoms with E-state index in [1.165, 1.54) is 0 Å². The molecule has 5 aliphatic heterocycles. The zero-order chi connectivity index (χ0) is 41.7. The number of amides is 2. The van der Waals surface area contributed by atoms with Crippen LogP contribution in [-0.2, 0) is 52.3 Å². The lowest BCUT2D eigenvalue weighted by Crippen LogP contribution is -2.73. The van der Waals surface area contributed by atoms with E-state index in [-0.39, 0.29) is 78.3 Å². The molecule has 0 aromatic heterocycles. The normalized spacial score (nSPS) is 42.8. The van der Waals surface area contributed by atoms with Gasteiger partial charge in [0, 0.05) is 67.9 Å². The van der Waals surface area contributed by atoms with Crippen molar-refractivity contribution in [3.05, 3.63) is 11.3 Å². The molecule has 6 fully saturated rings. The van der Waals surface area contributed by atoms with Crippen LogP contribution < -0.4 is 0 Å². The Labute approximate surface area is 341 Å². The number of ketones is 1. The van der Waals surface area contributed by atoms with E-state index in [4.69, 9.17) is 33.2 Å². The quantitative estimate of drug-likeness (QED) is 0.217. The minimum absolute atomic E-state index is 0.00481. The molecule has 0 aromatic carbocycles. The van der Waals surface area contributed by atoms with Crippen molar-refractivity contribution in [3.8, 4) is 0 Å². The third-order valence-corrected chi connectivity index (χ3v) is 15.6. The summed E-state index contributed by atoms with van der Waals surface area (Å²) >= 11 is 0. The van der Waals surface area contributed by atoms with Gasteiger partial charge in [0.2, 0.25) is 11.8 Å². The molecule has 5 heterocycles. The van der Waals surface area contributed by atoms with Crippen molar-refractivity contribution < 1.29 is 62.5 Å². The monoisotopic (exact) mass is 816 g/mol. The fourth-order valence-electron chi connectivity index (χ4n) is 12.2. The number of aliphatic hydroxyl groups is 2. The van der Waals surface area contributed by atoms with Gasteiger partial charge in [-0.25, -0.2) is 0 Å². The van der Waals surface area contributed by atoms with Crippen LogP contribution in [0.5, 0.6) is 0 Å². The summed E-state index contributed by atoms with van der Waals surface area (Å²) in [5, 5.41) is 20.9. The second-order valence-electron chi connectivity index (χ2n) is 19.5. The third-order valence-electron chi connectivity index (χ3n) is 15.6. The summed E-state index contributed by atoms with van der Waals surface area (Å²) in [5.41, 5.74) is -2.26. The SMILES string of the molecule is CCO[C@H]1[C@H](O)[C@@H](O)[C@@H](C)O[C@@H]1CC(C)(C)OCC(=O)N1CCN(C(=O)CCC(=O)O[C@@H]2[C@@]3(C(C)C)C[C@H]3[C@@H]3O[C@@]34[C@@]3(C)CCC5=C(OCC5=O)C3CO[C@]24C)CC1. The molecular formula is C43H64N2O13. The van der Waals surface area contributed by atoms with Gasteiger partial charge in [-0.1, -0.05) is 20.8 Å². The van der Waals surface area contributed by atoms with Gasteiger partial charge in [-0.15, -0.1) is 0 Å². The van der Waals surface area contributed by atoms with E-state index in [1.807, 2.05) is 27.7 Å². The smallest absolute Gasteiger partial charge is 0.306 e. The van der Waals surface area contributed by atoms with Gasteiger partial charge < -0.3 is 53.2 Å². The molecule has 8 rings (SSSR count). The number of epoxide rings is 1. The van der Waals surface area contributed by atoms with Crippen molar-refractivity contribution in [2.24, 2.45) is 28.6 Å². The van der Waals surface area contributed by atoms with Gasteiger partial charge >= 0.3 is 5.97 Å². The molecule has 4 saturated heterocycles. The Bertz CT molecular complexity index is 1710. The molecule has 3 aliphatic carbocycles. The number of fused-ring (bicyclic) bond motifs is 4. The maximum Gasteiger partial charge on any atom is 0.306 e. The molecule has 0 bridgehead atoms. The molecule has 15 heteroatoms. The number of Topliss-reactive ketones (excluding diaryl/α,β-unsaturated/α-hetero) is 1. The number of hydrogen-bond donors (Lipinski definition) is 2. The molecule has 13 atom stereocenters. The van der Waals surface area contributed by atoms with Crippen LogP contribution in [0.15, 0.2) is 11.3 Å². The fraction of sp³-hybridized carbons (Fsp3) is 0.860.